The van der Waals surface area contributed by atoms with Crippen LogP contribution in [-0.4, -0.2) is 21.6 Å². The van der Waals surface area contributed by atoms with Gasteiger partial charge in [0, 0.05) is 10.2 Å². The van der Waals surface area contributed by atoms with E-state index in [1.165, 1.54) is 0 Å². The highest BCUT2D eigenvalue weighted by molar-refractivity contribution is 9.10. The van der Waals surface area contributed by atoms with Crippen molar-refractivity contribution in [2.45, 2.75) is 20.3 Å². The fraction of sp³-hybridized carbons (Fsp3) is 0.308. The summed E-state index contributed by atoms with van der Waals surface area (Å²) in [6.45, 7) is 4.54. The van der Waals surface area contributed by atoms with Crippen molar-refractivity contribution in [3.8, 4) is 6.01 Å². The van der Waals surface area contributed by atoms with E-state index in [4.69, 9.17) is 10.5 Å². The Hall–Kier alpha value is -1.89. The number of ether oxygens (including phenoxy) is 1. The topological polar surface area (TPSA) is 86.0 Å². The Morgan fingerprint density at radius 3 is 2.85 bits per heavy atom. The molecule has 0 fully saturated rings. The van der Waals surface area contributed by atoms with E-state index in [0.717, 1.165) is 22.1 Å². The molecule has 0 atom stereocenters. The summed E-state index contributed by atoms with van der Waals surface area (Å²) in [5, 5.41) is 3.12. The monoisotopic (exact) mass is 337 g/mol. The molecule has 0 spiro atoms. The summed E-state index contributed by atoms with van der Waals surface area (Å²) in [6, 6.07) is 6.07. The Labute approximate surface area is 125 Å². The van der Waals surface area contributed by atoms with Crippen LogP contribution >= 0.6 is 15.9 Å². The Morgan fingerprint density at radius 1 is 1.30 bits per heavy atom. The van der Waals surface area contributed by atoms with Crippen LogP contribution in [-0.2, 0) is 0 Å². The van der Waals surface area contributed by atoms with Crippen molar-refractivity contribution in [1.82, 2.24) is 15.0 Å². The van der Waals surface area contributed by atoms with E-state index >= 15 is 0 Å². The zero-order valence-corrected chi connectivity index (χ0v) is 12.9. The summed E-state index contributed by atoms with van der Waals surface area (Å²) in [5.74, 6) is 0.492. The maximum absolute atomic E-state index is 5.66. The van der Waals surface area contributed by atoms with E-state index in [0.29, 0.717) is 12.6 Å². The summed E-state index contributed by atoms with van der Waals surface area (Å²) >= 11 is 3.48. The second-order valence-corrected chi connectivity index (χ2v) is 5.04. The molecule has 3 N–H and O–H groups in total. The zero-order valence-electron chi connectivity index (χ0n) is 11.4. The van der Waals surface area contributed by atoms with Gasteiger partial charge in [-0.25, -0.2) is 0 Å². The number of nitrogens with two attached hydrogens (primary N) is 1. The lowest BCUT2D eigenvalue weighted by Crippen LogP contribution is -2.07. The number of nitrogen functional groups attached to an aromatic ring is 1. The lowest BCUT2D eigenvalue weighted by molar-refractivity contribution is 0.292. The number of anilines is 3. The minimum absolute atomic E-state index is 0.126. The molecular formula is C13H16BrN5O. The molecule has 20 heavy (non-hydrogen) atoms. The van der Waals surface area contributed by atoms with Gasteiger partial charge in [0.15, 0.2) is 0 Å². The van der Waals surface area contributed by atoms with Crippen LogP contribution < -0.4 is 15.8 Å². The first-order valence-corrected chi connectivity index (χ1v) is 7.06. The first kappa shape index (κ1) is 14.5. The normalized spacial score (nSPS) is 10.3. The quantitative estimate of drug-likeness (QED) is 0.871. The molecule has 1 aromatic heterocycles. The molecule has 1 heterocycles. The van der Waals surface area contributed by atoms with Crippen LogP contribution in [0.2, 0.25) is 0 Å². The second-order valence-electron chi connectivity index (χ2n) is 4.19. The Morgan fingerprint density at radius 2 is 2.10 bits per heavy atom. The van der Waals surface area contributed by atoms with E-state index in [2.05, 4.69) is 36.2 Å². The molecule has 0 aliphatic carbocycles. The van der Waals surface area contributed by atoms with E-state index in [1.807, 2.05) is 32.0 Å². The molecule has 0 unspecified atom stereocenters. The van der Waals surface area contributed by atoms with Gasteiger partial charge >= 0.3 is 6.01 Å². The van der Waals surface area contributed by atoms with Crippen LogP contribution in [0.25, 0.3) is 0 Å². The number of halogens is 1. The molecule has 6 nitrogen and oxygen atoms in total. The largest absolute Gasteiger partial charge is 0.463 e. The second kappa shape index (κ2) is 6.51. The number of rotatable bonds is 5. The maximum Gasteiger partial charge on any atom is 0.323 e. The van der Waals surface area contributed by atoms with Crippen molar-refractivity contribution in [3.05, 3.63) is 28.2 Å². The smallest absolute Gasteiger partial charge is 0.323 e. The van der Waals surface area contributed by atoms with Crippen molar-refractivity contribution in [2.24, 2.45) is 0 Å². The number of nitrogens with zero attached hydrogens (tertiary/aromatic N) is 3. The standard InChI is InChI=1S/C13H16BrN5O/c1-3-7-20-13-18-11(15)17-12(19-13)16-10-6-4-5-9(14)8(10)2/h4-6H,3,7H2,1-2H3,(H3,15,16,17,18,19). The average Bonchev–Trinajstić information content (AvgIpc) is 2.41. The van der Waals surface area contributed by atoms with Crippen LogP contribution in [0.3, 0.4) is 0 Å². The van der Waals surface area contributed by atoms with E-state index in [1.54, 1.807) is 0 Å². The molecular weight excluding hydrogens is 322 g/mol. The van der Waals surface area contributed by atoms with Gasteiger partial charge < -0.3 is 15.8 Å². The molecule has 2 aromatic rings. The molecule has 7 heteroatoms. The third-order valence-corrected chi connectivity index (χ3v) is 3.44. The lowest BCUT2D eigenvalue weighted by atomic mass is 10.2. The third-order valence-electron chi connectivity index (χ3n) is 2.58. The van der Waals surface area contributed by atoms with Gasteiger partial charge in [-0.2, -0.15) is 15.0 Å². The van der Waals surface area contributed by atoms with Crippen molar-refractivity contribution in [3.63, 3.8) is 0 Å². The molecule has 0 amide bonds. The molecule has 0 aliphatic heterocycles. The summed E-state index contributed by atoms with van der Waals surface area (Å²) < 4.78 is 6.38. The van der Waals surface area contributed by atoms with Crippen LogP contribution in [0, 0.1) is 6.92 Å². The van der Waals surface area contributed by atoms with Crippen LogP contribution in [0.1, 0.15) is 18.9 Å². The molecule has 0 bridgehead atoms. The lowest BCUT2D eigenvalue weighted by Gasteiger charge is -2.10. The molecule has 1 aromatic carbocycles. The number of benzene rings is 1. The van der Waals surface area contributed by atoms with E-state index in [9.17, 15) is 0 Å². The van der Waals surface area contributed by atoms with E-state index in [-0.39, 0.29) is 12.0 Å². The predicted octanol–water partition coefficient (Wildman–Crippen LogP) is 3.06. The number of hydrogen-bond acceptors (Lipinski definition) is 6. The average molecular weight is 338 g/mol. The minimum Gasteiger partial charge on any atom is -0.463 e. The highest BCUT2D eigenvalue weighted by atomic mass is 79.9. The summed E-state index contributed by atoms with van der Waals surface area (Å²) in [7, 11) is 0. The number of hydrogen-bond donors (Lipinski definition) is 2. The van der Waals surface area contributed by atoms with Gasteiger partial charge in [-0.3, -0.25) is 0 Å². The Balaban J connectivity index is 2.24. The predicted molar refractivity (Wildman–Crippen MR) is 82.2 cm³/mol. The molecule has 106 valence electrons. The molecule has 0 saturated carbocycles. The van der Waals surface area contributed by atoms with Gasteiger partial charge in [0.25, 0.3) is 0 Å². The summed E-state index contributed by atoms with van der Waals surface area (Å²) in [5.41, 5.74) is 7.61. The van der Waals surface area contributed by atoms with Crippen LogP contribution in [0.4, 0.5) is 17.6 Å². The van der Waals surface area contributed by atoms with Crippen molar-refractivity contribution in [2.75, 3.05) is 17.7 Å². The Kier molecular flexibility index (Phi) is 4.73. The highest BCUT2D eigenvalue weighted by Gasteiger charge is 2.08. The van der Waals surface area contributed by atoms with Gasteiger partial charge in [0.1, 0.15) is 0 Å². The van der Waals surface area contributed by atoms with Crippen molar-refractivity contribution < 1.29 is 4.74 Å². The van der Waals surface area contributed by atoms with Crippen LogP contribution in [0.15, 0.2) is 22.7 Å². The minimum atomic E-state index is 0.126. The first-order valence-electron chi connectivity index (χ1n) is 6.26. The van der Waals surface area contributed by atoms with Crippen molar-refractivity contribution >= 4 is 33.5 Å². The fourth-order valence-corrected chi connectivity index (χ4v) is 1.92. The van der Waals surface area contributed by atoms with Gasteiger partial charge in [-0.05, 0) is 31.0 Å². The molecule has 0 aliphatic rings. The van der Waals surface area contributed by atoms with Gasteiger partial charge in [0.2, 0.25) is 11.9 Å². The first-order chi connectivity index (χ1) is 9.60. The SMILES string of the molecule is CCCOc1nc(N)nc(Nc2cccc(Br)c2C)n1. The summed E-state index contributed by atoms with van der Waals surface area (Å²) in [4.78, 5) is 12.2. The van der Waals surface area contributed by atoms with E-state index < -0.39 is 0 Å². The van der Waals surface area contributed by atoms with Crippen molar-refractivity contribution in [1.29, 1.82) is 0 Å². The molecule has 0 radical (unpaired) electrons. The highest BCUT2D eigenvalue weighted by Crippen LogP contribution is 2.25. The third kappa shape index (κ3) is 3.57. The molecule has 2 rings (SSSR count). The molecule has 0 saturated heterocycles. The van der Waals surface area contributed by atoms with Gasteiger partial charge in [0.05, 0.1) is 6.61 Å². The summed E-state index contributed by atoms with van der Waals surface area (Å²) in [6.07, 6.45) is 0.874. The fourth-order valence-electron chi connectivity index (χ4n) is 1.55. The number of aromatic nitrogens is 3. The van der Waals surface area contributed by atoms with Crippen LogP contribution in [0.5, 0.6) is 6.01 Å². The zero-order chi connectivity index (χ0) is 14.5. The number of nitrogens with one attached hydrogen (secondary N) is 1. The van der Waals surface area contributed by atoms with Gasteiger partial charge in [-0.1, -0.05) is 28.9 Å². The van der Waals surface area contributed by atoms with Gasteiger partial charge in [-0.15, -0.1) is 0 Å². The maximum atomic E-state index is 5.66. The Bertz CT molecular complexity index is 605.